The maximum absolute atomic E-state index is 12.2. The van der Waals surface area contributed by atoms with Gasteiger partial charge in [0.25, 0.3) is 0 Å². The Morgan fingerprint density at radius 2 is 1.46 bits per heavy atom. The number of carbonyl (C=O) groups excluding carboxylic acids is 2. The first-order valence-corrected chi connectivity index (χ1v) is 10.9. The van der Waals surface area contributed by atoms with E-state index in [0.29, 0.717) is 24.1 Å². The summed E-state index contributed by atoms with van der Waals surface area (Å²) in [6, 6.07) is 0. The van der Waals surface area contributed by atoms with E-state index in [4.69, 9.17) is 9.47 Å². The van der Waals surface area contributed by atoms with Gasteiger partial charge in [-0.05, 0) is 25.2 Å². The van der Waals surface area contributed by atoms with Gasteiger partial charge in [0.05, 0.1) is 34.2 Å². The molecule has 0 amide bonds. The van der Waals surface area contributed by atoms with Crippen molar-refractivity contribution in [3.63, 3.8) is 0 Å². The van der Waals surface area contributed by atoms with E-state index >= 15 is 0 Å². The molecular formula is C23H44NO4+. The second kappa shape index (κ2) is 15.5. The van der Waals surface area contributed by atoms with Crippen LogP contribution in [0.3, 0.4) is 0 Å². The molecule has 0 N–H and O–H groups in total. The second-order valence-electron chi connectivity index (χ2n) is 9.16. The Hall–Kier alpha value is -1.36. The number of allylic oxidation sites excluding steroid dienone is 1. The molecule has 0 fully saturated rings. The predicted molar refractivity (Wildman–Crippen MR) is 115 cm³/mol. The molecule has 5 heteroatoms. The van der Waals surface area contributed by atoms with Crippen LogP contribution in [0.4, 0.5) is 0 Å². The Kier molecular flexibility index (Phi) is 14.8. The van der Waals surface area contributed by atoms with Crippen LogP contribution in [0, 0.1) is 5.92 Å². The lowest BCUT2D eigenvalue weighted by molar-refractivity contribution is -0.873. The lowest BCUT2D eigenvalue weighted by atomic mass is 10.1. The van der Waals surface area contributed by atoms with Gasteiger partial charge in [-0.3, -0.25) is 9.59 Å². The summed E-state index contributed by atoms with van der Waals surface area (Å²) in [4.78, 5) is 24.1. The highest BCUT2D eigenvalue weighted by molar-refractivity contribution is 5.72. The van der Waals surface area contributed by atoms with E-state index in [1.807, 2.05) is 41.1 Å². The van der Waals surface area contributed by atoms with Gasteiger partial charge < -0.3 is 14.0 Å². The molecule has 0 heterocycles. The zero-order chi connectivity index (χ0) is 21.4. The maximum atomic E-state index is 12.2. The zero-order valence-corrected chi connectivity index (χ0v) is 19.0. The van der Waals surface area contributed by atoms with Crippen molar-refractivity contribution in [1.29, 1.82) is 0 Å². The van der Waals surface area contributed by atoms with Crippen LogP contribution in [-0.2, 0) is 19.1 Å². The van der Waals surface area contributed by atoms with Crippen LogP contribution in [0.25, 0.3) is 0 Å². The SMILES string of the molecule is C=CCCCCCCCCCOC(=O)C[C@H](C[N+](C)(C)C)OC(=O)CC(C)C. The fraction of sp³-hybridized carbons (Fsp3) is 0.826. The number of hydrogen-bond donors (Lipinski definition) is 0. The van der Waals surface area contributed by atoms with Gasteiger partial charge in [-0.25, -0.2) is 0 Å². The van der Waals surface area contributed by atoms with Gasteiger partial charge in [-0.1, -0.05) is 52.0 Å². The van der Waals surface area contributed by atoms with Crippen molar-refractivity contribution in [2.45, 2.75) is 84.2 Å². The predicted octanol–water partition coefficient (Wildman–Crippen LogP) is 4.89. The third kappa shape index (κ3) is 18.0. The van der Waals surface area contributed by atoms with E-state index in [2.05, 4.69) is 6.58 Å². The van der Waals surface area contributed by atoms with Crippen molar-refractivity contribution in [3.8, 4) is 0 Å². The molecule has 1 atom stereocenters. The molecule has 0 rings (SSSR count). The number of hydrogen-bond acceptors (Lipinski definition) is 4. The molecule has 0 unspecified atom stereocenters. The summed E-state index contributed by atoms with van der Waals surface area (Å²) >= 11 is 0. The lowest BCUT2D eigenvalue weighted by Crippen LogP contribution is -2.44. The minimum Gasteiger partial charge on any atom is -0.466 e. The molecule has 0 aliphatic carbocycles. The fourth-order valence-electron chi connectivity index (χ4n) is 3.03. The highest BCUT2D eigenvalue weighted by Gasteiger charge is 2.25. The highest BCUT2D eigenvalue weighted by atomic mass is 16.6. The molecule has 0 spiro atoms. The van der Waals surface area contributed by atoms with Crippen LogP contribution in [0.1, 0.15) is 78.1 Å². The molecule has 0 aromatic heterocycles. The molecule has 164 valence electrons. The number of esters is 2. The van der Waals surface area contributed by atoms with Gasteiger partial charge in [0.1, 0.15) is 6.54 Å². The number of rotatable bonds is 17. The molecule has 0 aromatic carbocycles. The average Bonchev–Trinajstić information content (AvgIpc) is 2.54. The lowest BCUT2D eigenvalue weighted by Gasteiger charge is -2.28. The Bertz CT molecular complexity index is 440. The quantitative estimate of drug-likeness (QED) is 0.151. The fourth-order valence-corrected chi connectivity index (χ4v) is 3.03. The summed E-state index contributed by atoms with van der Waals surface area (Å²) in [5, 5.41) is 0. The summed E-state index contributed by atoms with van der Waals surface area (Å²) in [6.45, 7) is 8.73. The minimum absolute atomic E-state index is 0.128. The molecule has 0 aromatic rings. The van der Waals surface area contributed by atoms with Crippen molar-refractivity contribution in [2.24, 2.45) is 5.92 Å². The van der Waals surface area contributed by atoms with E-state index in [9.17, 15) is 9.59 Å². The minimum atomic E-state index is -0.436. The van der Waals surface area contributed by atoms with Crippen LogP contribution in [0.15, 0.2) is 12.7 Å². The normalized spacial score (nSPS) is 12.6. The second-order valence-corrected chi connectivity index (χ2v) is 9.16. The first-order chi connectivity index (χ1) is 13.1. The molecule has 28 heavy (non-hydrogen) atoms. The van der Waals surface area contributed by atoms with Gasteiger partial charge in [0.15, 0.2) is 6.10 Å². The summed E-state index contributed by atoms with van der Waals surface area (Å²) in [6.07, 6.45) is 11.3. The summed E-state index contributed by atoms with van der Waals surface area (Å²) in [5.41, 5.74) is 0. The molecule has 0 bridgehead atoms. The van der Waals surface area contributed by atoms with Crippen LogP contribution in [0.2, 0.25) is 0 Å². The van der Waals surface area contributed by atoms with Crippen LogP contribution >= 0.6 is 0 Å². The molecule has 0 aliphatic rings. The molecule has 0 aliphatic heterocycles. The van der Waals surface area contributed by atoms with E-state index in [1.165, 1.54) is 32.1 Å². The molecule has 0 radical (unpaired) electrons. The Labute approximate surface area is 173 Å². The summed E-state index contributed by atoms with van der Waals surface area (Å²) in [5.74, 6) is -0.277. The van der Waals surface area contributed by atoms with Gasteiger partial charge in [-0.15, -0.1) is 6.58 Å². The Morgan fingerprint density at radius 3 is 2.00 bits per heavy atom. The van der Waals surface area contributed by atoms with Crippen molar-refractivity contribution in [1.82, 2.24) is 0 Å². The number of carbonyl (C=O) groups is 2. The smallest absolute Gasteiger partial charge is 0.309 e. The summed E-state index contributed by atoms with van der Waals surface area (Å²) < 4.78 is 11.5. The van der Waals surface area contributed by atoms with Gasteiger partial charge in [0, 0.05) is 6.42 Å². The number of likely N-dealkylation sites (N-methyl/N-ethyl adjacent to an activating group) is 1. The van der Waals surface area contributed by atoms with Crippen LogP contribution in [-0.4, -0.2) is 56.8 Å². The Morgan fingerprint density at radius 1 is 0.893 bits per heavy atom. The average molecular weight is 399 g/mol. The first kappa shape index (κ1) is 26.6. The molecule has 5 nitrogen and oxygen atoms in total. The number of ether oxygens (including phenoxy) is 2. The first-order valence-electron chi connectivity index (χ1n) is 10.9. The van der Waals surface area contributed by atoms with E-state index < -0.39 is 6.10 Å². The van der Waals surface area contributed by atoms with Gasteiger partial charge >= 0.3 is 11.9 Å². The molecule has 0 saturated carbocycles. The van der Waals surface area contributed by atoms with Crippen molar-refractivity contribution >= 4 is 11.9 Å². The number of unbranched alkanes of at least 4 members (excludes halogenated alkanes) is 7. The number of nitrogens with zero attached hydrogens (tertiary/aromatic N) is 1. The standard InChI is InChI=1S/C23H44NO4/c1-7-8-9-10-11-12-13-14-15-16-27-22(25)18-21(19-24(4,5)6)28-23(26)17-20(2)3/h7,20-21H,1,8-19H2,2-6H3/q+1/t21-/m1/s1. The monoisotopic (exact) mass is 398 g/mol. The van der Waals surface area contributed by atoms with Gasteiger partial charge in [-0.2, -0.15) is 0 Å². The van der Waals surface area contributed by atoms with Crippen molar-refractivity contribution in [2.75, 3.05) is 34.3 Å². The highest BCUT2D eigenvalue weighted by Crippen LogP contribution is 2.11. The third-order valence-electron chi connectivity index (χ3n) is 4.33. The van der Waals surface area contributed by atoms with Crippen LogP contribution < -0.4 is 0 Å². The molecule has 0 saturated heterocycles. The van der Waals surface area contributed by atoms with Gasteiger partial charge in [0.2, 0.25) is 0 Å². The summed E-state index contributed by atoms with van der Waals surface area (Å²) in [7, 11) is 6.06. The third-order valence-corrected chi connectivity index (χ3v) is 4.33. The largest absolute Gasteiger partial charge is 0.466 e. The van der Waals surface area contributed by atoms with Crippen molar-refractivity contribution in [3.05, 3.63) is 12.7 Å². The maximum Gasteiger partial charge on any atom is 0.309 e. The van der Waals surface area contributed by atoms with Crippen LogP contribution in [0.5, 0.6) is 0 Å². The van der Waals surface area contributed by atoms with Crippen molar-refractivity contribution < 1.29 is 23.5 Å². The van der Waals surface area contributed by atoms with E-state index in [0.717, 1.165) is 19.3 Å². The molecular weight excluding hydrogens is 354 g/mol. The number of quaternary nitrogens is 1. The van der Waals surface area contributed by atoms with E-state index in [1.54, 1.807) is 0 Å². The topological polar surface area (TPSA) is 52.6 Å². The van der Waals surface area contributed by atoms with E-state index in [-0.39, 0.29) is 24.3 Å². The Balaban J connectivity index is 4.03. The zero-order valence-electron chi connectivity index (χ0n) is 19.0.